The summed E-state index contributed by atoms with van der Waals surface area (Å²) in [5, 5.41) is 0. The zero-order valence-corrected chi connectivity index (χ0v) is 7.97. The Morgan fingerprint density at radius 2 is 1.58 bits per heavy atom. The zero-order chi connectivity index (χ0) is 8.82. The van der Waals surface area contributed by atoms with Crippen molar-refractivity contribution in [2.24, 2.45) is 17.4 Å². The molecule has 2 nitrogen and oxygen atoms in total. The maximum Gasteiger partial charge on any atom is 0.0174 e. The van der Waals surface area contributed by atoms with Gasteiger partial charge >= 0.3 is 0 Å². The van der Waals surface area contributed by atoms with Gasteiger partial charge in [0.2, 0.25) is 0 Å². The molecule has 70 valence electrons. The summed E-state index contributed by atoms with van der Waals surface area (Å²) >= 11 is 0. The molecule has 4 N–H and O–H groups in total. The van der Waals surface area contributed by atoms with Gasteiger partial charge in [0.25, 0.3) is 0 Å². The zero-order valence-electron chi connectivity index (χ0n) is 7.97. The topological polar surface area (TPSA) is 52.0 Å². The van der Waals surface area contributed by atoms with Gasteiger partial charge in [0.05, 0.1) is 0 Å². The minimum Gasteiger partial charge on any atom is -0.325 e. The van der Waals surface area contributed by atoms with Crippen molar-refractivity contribution < 1.29 is 0 Å². The molecule has 1 unspecified atom stereocenters. The molecule has 12 heavy (non-hydrogen) atoms. The average Bonchev–Trinajstić information content (AvgIpc) is 1.79. The quantitative estimate of drug-likeness (QED) is 0.574. The van der Waals surface area contributed by atoms with Gasteiger partial charge in [-0.05, 0) is 44.4 Å². The van der Waals surface area contributed by atoms with Gasteiger partial charge in [0, 0.05) is 11.1 Å². The summed E-state index contributed by atoms with van der Waals surface area (Å²) in [6.45, 7) is 2.29. The van der Waals surface area contributed by atoms with Crippen LogP contribution in [0.1, 0.15) is 45.4 Å². The summed E-state index contributed by atoms with van der Waals surface area (Å²) in [6, 6.07) is 0. The normalized spacial score (nSPS) is 53.8. The van der Waals surface area contributed by atoms with E-state index in [0.29, 0.717) is 0 Å². The van der Waals surface area contributed by atoms with Gasteiger partial charge < -0.3 is 11.5 Å². The predicted octanol–water partition coefficient (Wildman–Crippen LogP) is 1.39. The average molecular weight is 168 g/mol. The van der Waals surface area contributed by atoms with E-state index >= 15 is 0 Å². The van der Waals surface area contributed by atoms with Crippen LogP contribution in [0.4, 0.5) is 0 Å². The molecule has 0 amide bonds. The standard InChI is InChI=1S/C10H20N2/c1-8-5-9(11)3-2-4-10(12,6-8)7-9/h8H,2-7,11-12H2,1H3/t8?,9-,10+. The Labute approximate surface area is 74.7 Å². The lowest BCUT2D eigenvalue weighted by Crippen LogP contribution is -2.60. The Morgan fingerprint density at radius 3 is 2.08 bits per heavy atom. The van der Waals surface area contributed by atoms with Crippen molar-refractivity contribution in [3.05, 3.63) is 0 Å². The number of fused-ring (bicyclic) bond motifs is 2. The van der Waals surface area contributed by atoms with E-state index in [9.17, 15) is 0 Å². The second-order valence-electron chi connectivity index (χ2n) is 5.27. The minimum atomic E-state index is 0.0880. The molecule has 0 spiro atoms. The lowest BCUT2D eigenvalue weighted by atomic mass is 9.61. The van der Waals surface area contributed by atoms with E-state index < -0.39 is 0 Å². The first kappa shape index (κ1) is 8.52. The molecule has 0 saturated heterocycles. The minimum absolute atomic E-state index is 0.0880. The number of hydrogen-bond donors (Lipinski definition) is 2. The van der Waals surface area contributed by atoms with Crippen LogP contribution in [0.3, 0.4) is 0 Å². The van der Waals surface area contributed by atoms with Crippen LogP contribution in [-0.4, -0.2) is 11.1 Å². The van der Waals surface area contributed by atoms with Crippen molar-refractivity contribution in [3.8, 4) is 0 Å². The highest BCUT2D eigenvalue weighted by Gasteiger charge is 2.45. The Bertz CT molecular complexity index is 174. The van der Waals surface area contributed by atoms with Gasteiger partial charge in [0.15, 0.2) is 0 Å². The second-order valence-corrected chi connectivity index (χ2v) is 5.27. The number of nitrogens with two attached hydrogens (primary N) is 2. The Morgan fingerprint density at radius 1 is 1.08 bits per heavy atom. The molecule has 2 bridgehead atoms. The van der Waals surface area contributed by atoms with Crippen molar-refractivity contribution >= 4 is 0 Å². The van der Waals surface area contributed by atoms with Crippen LogP contribution in [0.15, 0.2) is 0 Å². The van der Waals surface area contributed by atoms with Gasteiger partial charge in [-0.1, -0.05) is 6.92 Å². The monoisotopic (exact) mass is 168 g/mol. The maximum atomic E-state index is 6.30. The van der Waals surface area contributed by atoms with Gasteiger partial charge in [-0.15, -0.1) is 0 Å². The fraction of sp³-hybridized carbons (Fsp3) is 1.00. The molecule has 0 radical (unpaired) electrons. The number of rotatable bonds is 0. The third kappa shape index (κ3) is 1.38. The molecule has 2 heteroatoms. The summed E-state index contributed by atoms with van der Waals surface area (Å²) in [5.41, 5.74) is 12.8. The Kier molecular flexibility index (Phi) is 1.74. The van der Waals surface area contributed by atoms with Crippen molar-refractivity contribution in [1.29, 1.82) is 0 Å². The lowest BCUT2D eigenvalue weighted by Gasteiger charge is -2.51. The molecule has 0 aromatic heterocycles. The van der Waals surface area contributed by atoms with E-state index in [-0.39, 0.29) is 11.1 Å². The van der Waals surface area contributed by atoms with E-state index in [1.165, 1.54) is 32.1 Å². The van der Waals surface area contributed by atoms with E-state index in [1.54, 1.807) is 0 Å². The molecule has 3 atom stereocenters. The molecule has 2 aliphatic carbocycles. The van der Waals surface area contributed by atoms with E-state index in [1.807, 2.05) is 0 Å². The van der Waals surface area contributed by atoms with Gasteiger partial charge in [0.1, 0.15) is 0 Å². The highest BCUT2D eigenvalue weighted by atomic mass is 14.9. The molecular weight excluding hydrogens is 148 g/mol. The van der Waals surface area contributed by atoms with Crippen LogP contribution in [0, 0.1) is 5.92 Å². The largest absolute Gasteiger partial charge is 0.325 e. The van der Waals surface area contributed by atoms with Crippen molar-refractivity contribution in [1.82, 2.24) is 0 Å². The molecule has 0 aromatic rings. The smallest absolute Gasteiger partial charge is 0.0174 e. The third-order valence-electron chi connectivity index (χ3n) is 3.56. The molecule has 2 saturated carbocycles. The third-order valence-corrected chi connectivity index (χ3v) is 3.56. The van der Waals surface area contributed by atoms with Gasteiger partial charge in [-0.3, -0.25) is 0 Å². The predicted molar refractivity (Wildman–Crippen MR) is 50.7 cm³/mol. The Hall–Kier alpha value is -0.0800. The van der Waals surface area contributed by atoms with Gasteiger partial charge in [-0.2, -0.15) is 0 Å². The molecule has 0 aromatic carbocycles. The van der Waals surface area contributed by atoms with Crippen molar-refractivity contribution in [2.75, 3.05) is 0 Å². The maximum absolute atomic E-state index is 6.30. The first-order valence-corrected chi connectivity index (χ1v) is 5.09. The fourth-order valence-electron chi connectivity index (χ4n) is 3.48. The highest BCUT2D eigenvalue weighted by molar-refractivity contribution is 5.06. The SMILES string of the molecule is CC1C[C@]2(N)CCC[C@](N)(C1)C2. The molecule has 0 aliphatic heterocycles. The molecule has 2 fully saturated rings. The summed E-state index contributed by atoms with van der Waals surface area (Å²) in [4.78, 5) is 0. The Balaban J connectivity index is 2.19. The van der Waals surface area contributed by atoms with Crippen LogP contribution in [-0.2, 0) is 0 Å². The van der Waals surface area contributed by atoms with Crippen LogP contribution >= 0.6 is 0 Å². The van der Waals surface area contributed by atoms with Crippen LogP contribution in [0.25, 0.3) is 0 Å². The van der Waals surface area contributed by atoms with Crippen molar-refractivity contribution in [2.45, 2.75) is 56.5 Å². The summed E-state index contributed by atoms with van der Waals surface area (Å²) < 4.78 is 0. The first-order valence-electron chi connectivity index (χ1n) is 5.09. The molecular formula is C10H20N2. The molecule has 0 heterocycles. The molecule has 2 aliphatic rings. The van der Waals surface area contributed by atoms with Crippen LogP contribution in [0.5, 0.6) is 0 Å². The van der Waals surface area contributed by atoms with E-state index in [0.717, 1.165) is 12.3 Å². The number of hydrogen-bond acceptors (Lipinski definition) is 2. The summed E-state index contributed by atoms with van der Waals surface area (Å²) in [5.74, 6) is 0.731. The highest BCUT2D eigenvalue weighted by Crippen LogP contribution is 2.44. The van der Waals surface area contributed by atoms with Crippen LogP contribution in [0.2, 0.25) is 0 Å². The van der Waals surface area contributed by atoms with Gasteiger partial charge in [-0.25, -0.2) is 0 Å². The summed E-state index contributed by atoms with van der Waals surface area (Å²) in [6.07, 6.45) is 7.05. The molecule has 2 rings (SSSR count). The van der Waals surface area contributed by atoms with Crippen molar-refractivity contribution in [3.63, 3.8) is 0 Å². The lowest BCUT2D eigenvalue weighted by molar-refractivity contribution is 0.0897. The van der Waals surface area contributed by atoms with E-state index in [2.05, 4.69) is 6.92 Å². The van der Waals surface area contributed by atoms with E-state index in [4.69, 9.17) is 11.5 Å². The first-order chi connectivity index (χ1) is 5.52. The fourth-order valence-corrected chi connectivity index (χ4v) is 3.48. The summed E-state index contributed by atoms with van der Waals surface area (Å²) in [7, 11) is 0. The second kappa shape index (κ2) is 2.46. The van der Waals surface area contributed by atoms with Crippen LogP contribution < -0.4 is 11.5 Å².